The van der Waals surface area contributed by atoms with E-state index in [1.807, 2.05) is 13.8 Å². The van der Waals surface area contributed by atoms with Crippen LogP contribution in [0.4, 0.5) is 5.69 Å². The molecule has 0 amide bonds. The average molecular weight is 266 g/mol. The normalized spacial score (nSPS) is 13.6. The van der Waals surface area contributed by atoms with Crippen molar-refractivity contribution < 1.29 is 14.5 Å². The third-order valence-corrected chi connectivity index (χ3v) is 2.92. The zero-order valence-corrected chi connectivity index (χ0v) is 11.0. The van der Waals surface area contributed by atoms with Gasteiger partial charge in [0.1, 0.15) is 6.10 Å². The zero-order valence-electron chi connectivity index (χ0n) is 11.0. The van der Waals surface area contributed by atoms with Crippen LogP contribution in [-0.2, 0) is 4.74 Å². The number of hydrogen-bond acceptors (Lipinski definition) is 5. The lowest BCUT2D eigenvalue weighted by Gasteiger charge is -2.21. The molecule has 0 radical (unpaired) electrons. The molecule has 2 atom stereocenters. The van der Waals surface area contributed by atoms with Crippen LogP contribution >= 0.6 is 0 Å². The minimum atomic E-state index is -0.517. The number of nitrogens with two attached hydrogens (primary N) is 1. The van der Waals surface area contributed by atoms with Crippen molar-refractivity contribution in [2.75, 3.05) is 0 Å². The van der Waals surface area contributed by atoms with Crippen LogP contribution in [0, 0.1) is 10.1 Å². The van der Waals surface area contributed by atoms with Gasteiger partial charge in [-0.2, -0.15) is 0 Å². The van der Waals surface area contributed by atoms with E-state index in [2.05, 4.69) is 0 Å². The Morgan fingerprint density at radius 3 is 2.32 bits per heavy atom. The van der Waals surface area contributed by atoms with E-state index in [-0.39, 0.29) is 23.4 Å². The molecule has 2 unspecified atom stereocenters. The highest BCUT2D eigenvalue weighted by Gasteiger charge is 2.20. The number of carbonyl (C=O) groups is 1. The molecule has 0 bridgehead atoms. The second-order valence-electron chi connectivity index (χ2n) is 4.23. The number of carbonyl (C=O) groups excluding carboxylic acids is 1. The second-order valence-corrected chi connectivity index (χ2v) is 4.23. The number of benzene rings is 1. The van der Waals surface area contributed by atoms with Crippen LogP contribution < -0.4 is 5.73 Å². The maximum absolute atomic E-state index is 11.9. The highest BCUT2D eigenvalue weighted by atomic mass is 16.6. The summed E-state index contributed by atoms with van der Waals surface area (Å²) in [4.78, 5) is 21.9. The number of rotatable bonds is 6. The van der Waals surface area contributed by atoms with Crippen molar-refractivity contribution in [2.45, 2.75) is 38.8 Å². The van der Waals surface area contributed by atoms with Gasteiger partial charge < -0.3 is 10.5 Å². The lowest BCUT2D eigenvalue weighted by Crippen LogP contribution is -2.37. The number of nitrogens with zero attached hydrogens (tertiary/aromatic N) is 1. The topological polar surface area (TPSA) is 95.5 Å². The van der Waals surface area contributed by atoms with Gasteiger partial charge in [0.2, 0.25) is 0 Å². The molecule has 1 rings (SSSR count). The maximum atomic E-state index is 11.9. The van der Waals surface area contributed by atoms with Crippen molar-refractivity contribution in [3.8, 4) is 0 Å². The average Bonchev–Trinajstić information content (AvgIpc) is 2.43. The Bertz CT molecular complexity index is 444. The highest BCUT2D eigenvalue weighted by Crippen LogP contribution is 2.15. The van der Waals surface area contributed by atoms with Crippen LogP contribution in [-0.4, -0.2) is 23.0 Å². The summed E-state index contributed by atoms with van der Waals surface area (Å²) in [6.07, 6.45) is 1.01. The molecular weight excluding hydrogens is 248 g/mol. The fraction of sp³-hybridized carbons (Fsp3) is 0.462. The molecule has 104 valence electrons. The number of non-ortho nitro benzene ring substituents is 1. The monoisotopic (exact) mass is 266 g/mol. The number of nitro benzene ring substituents is 1. The number of esters is 1. The standard InChI is InChI=1S/C13H18N2O4/c1-3-11(14)12(4-2)19-13(16)9-5-7-10(8-6-9)15(17)18/h5-8,11-12H,3-4,14H2,1-2H3. The first kappa shape index (κ1) is 15.1. The van der Waals surface area contributed by atoms with Gasteiger partial charge in [-0.25, -0.2) is 4.79 Å². The third-order valence-electron chi connectivity index (χ3n) is 2.92. The predicted molar refractivity (Wildman–Crippen MR) is 70.9 cm³/mol. The number of nitro groups is 1. The van der Waals surface area contributed by atoms with Gasteiger partial charge in [-0.1, -0.05) is 13.8 Å². The second kappa shape index (κ2) is 6.84. The van der Waals surface area contributed by atoms with E-state index >= 15 is 0 Å². The first-order chi connectivity index (χ1) is 8.99. The molecule has 1 aromatic carbocycles. The summed E-state index contributed by atoms with van der Waals surface area (Å²) >= 11 is 0. The van der Waals surface area contributed by atoms with Crippen LogP contribution in [0.25, 0.3) is 0 Å². The maximum Gasteiger partial charge on any atom is 0.338 e. The van der Waals surface area contributed by atoms with E-state index < -0.39 is 10.9 Å². The van der Waals surface area contributed by atoms with Crippen molar-refractivity contribution in [2.24, 2.45) is 5.73 Å². The largest absolute Gasteiger partial charge is 0.457 e. The summed E-state index contributed by atoms with van der Waals surface area (Å²) in [5.74, 6) is -0.509. The molecule has 0 saturated carbocycles. The van der Waals surface area contributed by atoms with Crippen LogP contribution in [0.2, 0.25) is 0 Å². The lowest BCUT2D eigenvalue weighted by molar-refractivity contribution is -0.384. The molecule has 19 heavy (non-hydrogen) atoms. The molecule has 0 aromatic heterocycles. The molecule has 0 spiro atoms. The fourth-order valence-corrected chi connectivity index (χ4v) is 1.66. The van der Waals surface area contributed by atoms with Crippen molar-refractivity contribution in [3.05, 3.63) is 39.9 Å². The molecule has 6 nitrogen and oxygen atoms in total. The molecule has 0 fully saturated rings. The van der Waals surface area contributed by atoms with Crippen molar-refractivity contribution in [1.82, 2.24) is 0 Å². The van der Waals surface area contributed by atoms with Crippen LogP contribution in [0.1, 0.15) is 37.0 Å². The SMILES string of the molecule is CCC(N)C(CC)OC(=O)c1ccc([N+](=O)[O-])cc1. The third kappa shape index (κ3) is 4.03. The summed E-state index contributed by atoms with van der Waals surface area (Å²) in [5.41, 5.74) is 6.07. The predicted octanol–water partition coefficient (Wildman–Crippen LogP) is 2.27. The zero-order chi connectivity index (χ0) is 14.4. The molecule has 0 aliphatic rings. The molecular formula is C13H18N2O4. The smallest absolute Gasteiger partial charge is 0.338 e. The van der Waals surface area contributed by atoms with Gasteiger partial charge in [-0.3, -0.25) is 10.1 Å². The summed E-state index contributed by atoms with van der Waals surface area (Å²) < 4.78 is 5.30. The summed E-state index contributed by atoms with van der Waals surface area (Å²) in [7, 11) is 0. The van der Waals surface area contributed by atoms with Crippen LogP contribution in [0.3, 0.4) is 0 Å². The van der Waals surface area contributed by atoms with E-state index in [1.54, 1.807) is 0 Å². The van der Waals surface area contributed by atoms with Crippen LogP contribution in [0.15, 0.2) is 24.3 Å². The van der Waals surface area contributed by atoms with E-state index in [0.717, 1.165) is 0 Å². The molecule has 0 aliphatic carbocycles. The van der Waals surface area contributed by atoms with E-state index in [9.17, 15) is 14.9 Å². The Balaban J connectivity index is 2.74. The van der Waals surface area contributed by atoms with Gasteiger partial charge in [-0.05, 0) is 25.0 Å². The number of ether oxygens (including phenoxy) is 1. The first-order valence-electron chi connectivity index (χ1n) is 6.20. The summed E-state index contributed by atoms with van der Waals surface area (Å²) in [6.45, 7) is 3.82. The quantitative estimate of drug-likeness (QED) is 0.484. The lowest BCUT2D eigenvalue weighted by atomic mass is 10.1. The minimum absolute atomic E-state index is 0.0612. The molecule has 1 aromatic rings. The van der Waals surface area contributed by atoms with Gasteiger partial charge in [0.05, 0.1) is 10.5 Å². The van der Waals surface area contributed by atoms with Crippen molar-refractivity contribution >= 4 is 11.7 Å². The van der Waals surface area contributed by atoms with Crippen molar-refractivity contribution in [3.63, 3.8) is 0 Å². The van der Waals surface area contributed by atoms with Gasteiger partial charge in [0, 0.05) is 18.2 Å². The van der Waals surface area contributed by atoms with Crippen molar-refractivity contribution in [1.29, 1.82) is 0 Å². The Morgan fingerprint density at radius 2 is 1.89 bits per heavy atom. The van der Waals surface area contributed by atoms with E-state index in [4.69, 9.17) is 10.5 Å². The van der Waals surface area contributed by atoms with Gasteiger partial charge >= 0.3 is 5.97 Å². The summed E-state index contributed by atoms with van der Waals surface area (Å²) in [6, 6.07) is 5.11. The molecule has 2 N–H and O–H groups in total. The number of hydrogen-bond donors (Lipinski definition) is 1. The fourth-order valence-electron chi connectivity index (χ4n) is 1.66. The summed E-state index contributed by atoms with van der Waals surface area (Å²) in [5, 5.41) is 10.5. The minimum Gasteiger partial charge on any atom is -0.457 e. The van der Waals surface area contributed by atoms with Gasteiger partial charge in [0.25, 0.3) is 5.69 Å². The Kier molecular flexibility index (Phi) is 5.44. The Morgan fingerprint density at radius 1 is 1.32 bits per heavy atom. The Labute approximate surface area is 111 Å². The molecule has 0 saturated heterocycles. The van der Waals surface area contributed by atoms with Gasteiger partial charge in [-0.15, -0.1) is 0 Å². The first-order valence-corrected chi connectivity index (χ1v) is 6.20. The van der Waals surface area contributed by atoms with E-state index in [1.165, 1.54) is 24.3 Å². The van der Waals surface area contributed by atoms with E-state index in [0.29, 0.717) is 12.8 Å². The molecule has 0 aliphatic heterocycles. The highest BCUT2D eigenvalue weighted by molar-refractivity contribution is 5.89. The molecule has 0 heterocycles. The molecule has 6 heteroatoms. The Hall–Kier alpha value is -1.95. The van der Waals surface area contributed by atoms with Gasteiger partial charge in [0.15, 0.2) is 0 Å². The van der Waals surface area contributed by atoms with Crippen LogP contribution in [0.5, 0.6) is 0 Å².